The molecule has 1 fully saturated rings. The minimum absolute atomic E-state index is 0.481. The van der Waals surface area contributed by atoms with E-state index in [2.05, 4.69) is 19.2 Å². The number of ether oxygens (including phenoxy) is 1. The lowest BCUT2D eigenvalue weighted by atomic mass is 10.0. The molecule has 1 unspecified atom stereocenters. The Bertz CT molecular complexity index is 85.3. The number of nitrogens with one attached hydrogen (secondary N) is 1. The molecule has 0 aromatic rings. The predicted molar refractivity (Wildman–Crippen MR) is 42.1 cm³/mol. The highest BCUT2D eigenvalue weighted by Gasteiger charge is 2.14. The first-order chi connectivity index (χ1) is 4.80. The molecule has 0 saturated carbocycles. The topological polar surface area (TPSA) is 21.3 Å². The number of hydrogen-bond donors (Lipinski definition) is 1. The van der Waals surface area contributed by atoms with Gasteiger partial charge in [0, 0.05) is 6.54 Å². The molecule has 0 aliphatic carbocycles. The maximum absolute atomic E-state index is 5.60. The molecule has 0 aromatic carbocycles. The molecule has 1 N–H and O–H groups in total. The standard InChI is InChI=1S/C8H17NO/c1-7(2)8-3-4-9-5-6-10-8/h7-9H,3-6H2,1-2H3. The van der Waals surface area contributed by atoms with Crippen LogP contribution in [0.5, 0.6) is 0 Å². The van der Waals surface area contributed by atoms with Gasteiger partial charge in [0.15, 0.2) is 0 Å². The third kappa shape index (κ3) is 2.27. The summed E-state index contributed by atoms with van der Waals surface area (Å²) in [6.07, 6.45) is 1.65. The van der Waals surface area contributed by atoms with Crippen LogP contribution >= 0.6 is 0 Å². The molecular formula is C8H17NO. The van der Waals surface area contributed by atoms with Crippen LogP contribution in [0.2, 0.25) is 0 Å². The van der Waals surface area contributed by atoms with Crippen molar-refractivity contribution in [2.45, 2.75) is 26.4 Å². The zero-order chi connectivity index (χ0) is 7.40. The van der Waals surface area contributed by atoms with Gasteiger partial charge in [-0.3, -0.25) is 0 Å². The molecule has 1 atom stereocenters. The molecule has 2 nitrogen and oxygen atoms in total. The van der Waals surface area contributed by atoms with Gasteiger partial charge in [-0.25, -0.2) is 0 Å². The summed E-state index contributed by atoms with van der Waals surface area (Å²) in [5.74, 6) is 0.667. The van der Waals surface area contributed by atoms with Crippen LogP contribution in [0.1, 0.15) is 20.3 Å². The van der Waals surface area contributed by atoms with E-state index in [0.717, 1.165) is 26.1 Å². The van der Waals surface area contributed by atoms with Crippen LogP contribution in [0, 0.1) is 5.92 Å². The van der Waals surface area contributed by atoms with E-state index in [9.17, 15) is 0 Å². The third-order valence-corrected chi connectivity index (χ3v) is 1.96. The van der Waals surface area contributed by atoms with Crippen molar-refractivity contribution in [1.29, 1.82) is 0 Å². The molecule has 1 aliphatic heterocycles. The van der Waals surface area contributed by atoms with Crippen molar-refractivity contribution in [2.75, 3.05) is 19.7 Å². The fraction of sp³-hybridized carbons (Fsp3) is 1.00. The second kappa shape index (κ2) is 3.94. The lowest BCUT2D eigenvalue weighted by Gasteiger charge is -2.17. The van der Waals surface area contributed by atoms with Crippen molar-refractivity contribution in [2.24, 2.45) is 5.92 Å². The molecule has 1 rings (SSSR count). The largest absolute Gasteiger partial charge is 0.377 e. The average molecular weight is 143 g/mol. The second-order valence-electron chi connectivity index (χ2n) is 3.19. The van der Waals surface area contributed by atoms with Gasteiger partial charge in [0.1, 0.15) is 0 Å². The Morgan fingerprint density at radius 1 is 1.40 bits per heavy atom. The van der Waals surface area contributed by atoms with E-state index >= 15 is 0 Å². The monoisotopic (exact) mass is 143 g/mol. The average Bonchev–Trinajstić information content (AvgIpc) is 2.12. The molecule has 1 heterocycles. The zero-order valence-electron chi connectivity index (χ0n) is 6.89. The summed E-state index contributed by atoms with van der Waals surface area (Å²) in [5.41, 5.74) is 0. The Morgan fingerprint density at radius 3 is 2.90 bits per heavy atom. The minimum atomic E-state index is 0.481. The van der Waals surface area contributed by atoms with Crippen molar-refractivity contribution in [3.8, 4) is 0 Å². The fourth-order valence-electron chi connectivity index (χ4n) is 1.26. The van der Waals surface area contributed by atoms with Gasteiger partial charge in [0.05, 0.1) is 12.7 Å². The van der Waals surface area contributed by atoms with Crippen LogP contribution in [-0.4, -0.2) is 25.8 Å². The van der Waals surface area contributed by atoms with Gasteiger partial charge in [-0.1, -0.05) is 13.8 Å². The first-order valence-electron chi connectivity index (χ1n) is 4.13. The summed E-state index contributed by atoms with van der Waals surface area (Å²) in [7, 11) is 0. The third-order valence-electron chi connectivity index (χ3n) is 1.96. The Morgan fingerprint density at radius 2 is 2.20 bits per heavy atom. The molecule has 0 spiro atoms. The van der Waals surface area contributed by atoms with Crippen LogP contribution in [-0.2, 0) is 4.74 Å². The van der Waals surface area contributed by atoms with Crippen LogP contribution in [0.25, 0.3) is 0 Å². The van der Waals surface area contributed by atoms with E-state index in [1.165, 1.54) is 0 Å². The minimum Gasteiger partial charge on any atom is -0.377 e. The quantitative estimate of drug-likeness (QED) is 0.591. The van der Waals surface area contributed by atoms with Crippen molar-refractivity contribution in [3.63, 3.8) is 0 Å². The van der Waals surface area contributed by atoms with E-state index in [0.29, 0.717) is 12.0 Å². The van der Waals surface area contributed by atoms with Crippen molar-refractivity contribution >= 4 is 0 Å². The van der Waals surface area contributed by atoms with Gasteiger partial charge in [0.25, 0.3) is 0 Å². The normalized spacial score (nSPS) is 28.5. The Kier molecular flexibility index (Phi) is 3.16. The summed E-state index contributed by atoms with van der Waals surface area (Å²) in [4.78, 5) is 0. The van der Waals surface area contributed by atoms with E-state index in [-0.39, 0.29) is 0 Å². The highest BCUT2D eigenvalue weighted by Crippen LogP contribution is 2.11. The van der Waals surface area contributed by atoms with E-state index in [1.807, 2.05) is 0 Å². The summed E-state index contributed by atoms with van der Waals surface area (Å²) >= 11 is 0. The van der Waals surface area contributed by atoms with Gasteiger partial charge in [0.2, 0.25) is 0 Å². The molecule has 1 aliphatic rings. The second-order valence-corrected chi connectivity index (χ2v) is 3.19. The molecule has 0 radical (unpaired) electrons. The molecular weight excluding hydrogens is 126 g/mol. The first kappa shape index (κ1) is 8.02. The molecule has 0 aromatic heterocycles. The maximum atomic E-state index is 5.60. The summed E-state index contributed by atoms with van der Waals surface area (Å²) in [6, 6.07) is 0. The molecule has 10 heavy (non-hydrogen) atoms. The molecule has 2 heteroatoms. The zero-order valence-corrected chi connectivity index (χ0v) is 6.89. The predicted octanol–water partition coefficient (Wildman–Crippen LogP) is 1.02. The van der Waals surface area contributed by atoms with E-state index in [1.54, 1.807) is 0 Å². The van der Waals surface area contributed by atoms with Crippen LogP contribution in [0.3, 0.4) is 0 Å². The number of rotatable bonds is 1. The molecule has 1 saturated heterocycles. The van der Waals surface area contributed by atoms with Gasteiger partial charge in [-0.05, 0) is 18.9 Å². The maximum Gasteiger partial charge on any atom is 0.0610 e. The molecule has 0 amide bonds. The Labute approximate surface area is 63.0 Å². The lowest BCUT2D eigenvalue weighted by molar-refractivity contribution is 0.0326. The van der Waals surface area contributed by atoms with Crippen LogP contribution in [0.4, 0.5) is 0 Å². The van der Waals surface area contributed by atoms with E-state index < -0.39 is 0 Å². The Balaban J connectivity index is 2.28. The fourth-order valence-corrected chi connectivity index (χ4v) is 1.26. The SMILES string of the molecule is CC(C)C1CCNCCO1. The van der Waals surface area contributed by atoms with Gasteiger partial charge in [-0.15, -0.1) is 0 Å². The van der Waals surface area contributed by atoms with Crippen molar-refractivity contribution in [1.82, 2.24) is 5.32 Å². The van der Waals surface area contributed by atoms with Crippen molar-refractivity contribution in [3.05, 3.63) is 0 Å². The highest BCUT2D eigenvalue weighted by molar-refractivity contribution is 4.67. The van der Waals surface area contributed by atoms with Gasteiger partial charge >= 0.3 is 0 Å². The summed E-state index contributed by atoms with van der Waals surface area (Å²) in [6.45, 7) is 7.45. The Hall–Kier alpha value is -0.0800. The lowest BCUT2D eigenvalue weighted by Crippen LogP contribution is -2.20. The van der Waals surface area contributed by atoms with Gasteiger partial charge < -0.3 is 10.1 Å². The van der Waals surface area contributed by atoms with Crippen molar-refractivity contribution < 1.29 is 4.74 Å². The first-order valence-corrected chi connectivity index (χ1v) is 4.13. The van der Waals surface area contributed by atoms with Gasteiger partial charge in [-0.2, -0.15) is 0 Å². The van der Waals surface area contributed by atoms with E-state index in [4.69, 9.17) is 4.74 Å². The highest BCUT2D eigenvalue weighted by atomic mass is 16.5. The smallest absolute Gasteiger partial charge is 0.0610 e. The summed E-state index contributed by atoms with van der Waals surface area (Å²) < 4.78 is 5.60. The number of hydrogen-bond acceptors (Lipinski definition) is 2. The summed E-state index contributed by atoms with van der Waals surface area (Å²) in [5, 5.41) is 3.31. The van der Waals surface area contributed by atoms with Crippen LogP contribution in [0.15, 0.2) is 0 Å². The molecule has 60 valence electrons. The molecule has 0 bridgehead atoms. The van der Waals surface area contributed by atoms with Crippen LogP contribution < -0.4 is 5.32 Å².